The maximum absolute atomic E-state index is 12.4. The zero-order chi connectivity index (χ0) is 14.2. The first kappa shape index (κ1) is 12.6. The van der Waals surface area contributed by atoms with E-state index in [2.05, 4.69) is 0 Å². The smallest absolute Gasteiger partial charge is 0.224 e. The van der Waals surface area contributed by atoms with Crippen LogP contribution in [0.25, 0.3) is 0 Å². The van der Waals surface area contributed by atoms with Crippen molar-refractivity contribution < 1.29 is 19.4 Å². The molecule has 3 rings (SSSR count). The average molecular weight is 268 g/mol. The molecule has 0 radical (unpaired) electrons. The van der Waals surface area contributed by atoms with Gasteiger partial charge in [-0.3, -0.25) is 9.59 Å². The first-order valence-corrected chi connectivity index (χ1v) is 6.21. The minimum atomic E-state index is -2.20. The molecule has 0 amide bonds. The molecule has 1 heterocycles. The average Bonchev–Trinajstić information content (AvgIpc) is 2.52. The number of aldehydes is 1. The second kappa shape index (κ2) is 4.58. The van der Waals surface area contributed by atoms with E-state index in [1.807, 2.05) is 6.07 Å². The summed E-state index contributed by atoms with van der Waals surface area (Å²) >= 11 is 0. The quantitative estimate of drug-likeness (QED) is 0.667. The number of aliphatic hydroxyl groups is 1. The lowest BCUT2D eigenvalue weighted by Crippen LogP contribution is -2.51. The van der Waals surface area contributed by atoms with Crippen LogP contribution in [0.3, 0.4) is 0 Å². The van der Waals surface area contributed by atoms with Crippen LogP contribution in [0, 0.1) is 0 Å². The van der Waals surface area contributed by atoms with Gasteiger partial charge in [0.2, 0.25) is 11.4 Å². The number of fused-ring (bicyclic) bond motifs is 1. The van der Waals surface area contributed by atoms with Crippen molar-refractivity contribution in [1.29, 1.82) is 0 Å². The fraction of sp³-hybridized carbons (Fsp3) is 0.125. The van der Waals surface area contributed by atoms with E-state index in [0.717, 1.165) is 0 Å². The molecule has 2 atom stereocenters. The summed E-state index contributed by atoms with van der Waals surface area (Å²) in [6, 6.07) is 15.3. The molecule has 100 valence electrons. The van der Waals surface area contributed by atoms with Crippen molar-refractivity contribution in [3.8, 4) is 5.75 Å². The second-order valence-corrected chi connectivity index (χ2v) is 4.68. The van der Waals surface area contributed by atoms with Crippen LogP contribution in [0.5, 0.6) is 5.75 Å². The molecular formula is C16H12O4. The van der Waals surface area contributed by atoms with Crippen molar-refractivity contribution in [1.82, 2.24) is 0 Å². The number of hydrogen-bond acceptors (Lipinski definition) is 4. The van der Waals surface area contributed by atoms with Gasteiger partial charge in [0, 0.05) is 0 Å². The van der Waals surface area contributed by atoms with Crippen LogP contribution in [0.1, 0.15) is 22.0 Å². The summed E-state index contributed by atoms with van der Waals surface area (Å²) in [7, 11) is 0. The summed E-state index contributed by atoms with van der Waals surface area (Å²) < 4.78 is 5.69. The third-order valence-electron chi connectivity index (χ3n) is 3.42. The number of hydrogen-bond donors (Lipinski definition) is 1. The van der Waals surface area contributed by atoms with Gasteiger partial charge in [-0.15, -0.1) is 0 Å². The van der Waals surface area contributed by atoms with Crippen LogP contribution >= 0.6 is 0 Å². The summed E-state index contributed by atoms with van der Waals surface area (Å²) in [5, 5.41) is 10.5. The van der Waals surface area contributed by atoms with Crippen LogP contribution in [-0.2, 0) is 4.79 Å². The first-order chi connectivity index (χ1) is 9.66. The van der Waals surface area contributed by atoms with Crippen molar-refractivity contribution >= 4 is 12.1 Å². The van der Waals surface area contributed by atoms with Gasteiger partial charge in [-0.05, 0) is 17.7 Å². The Kier molecular flexibility index (Phi) is 2.88. The molecule has 0 saturated heterocycles. The summed E-state index contributed by atoms with van der Waals surface area (Å²) in [4.78, 5) is 23.7. The van der Waals surface area contributed by atoms with E-state index in [1.165, 1.54) is 6.07 Å². The maximum atomic E-state index is 12.4. The van der Waals surface area contributed by atoms with Gasteiger partial charge >= 0.3 is 0 Å². The molecule has 0 aromatic heterocycles. The minimum absolute atomic E-state index is 0.217. The maximum Gasteiger partial charge on any atom is 0.224 e. The molecule has 0 saturated carbocycles. The molecule has 2 unspecified atom stereocenters. The number of rotatable bonds is 2. The lowest BCUT2D eigenvalue weighted by Gasteiger charge is -2.35. The fourth-order valence-corrected chi connectivity index (χ4v) is 2.37. The van der Waals surface area contributed by atoms with Gasteiger partial charge in [0.15, 0.2) is 12.4 Å². The van der Waals surface area contributed by atoms with Crippen LogP contribution in [0.15, 0.2) is 54.6 Å². The van der Waals surface area contributed by atoms with E-state index in [9.17, 15) is 14.7 Å². The molecule has 20 heavy (non-hydrogen) atoms. The highest BCUT2D eigenvalue weighted by Gasteiger charge is 2.51. The number of para-hydroxylation sites is 1. The Labute approximate surface area is 115 Å². The van der Waals surface area contributed by atoms with Gasteiger partial charge in [-0.1, -0.05) is 42.5 Å². The zero-order valence-electron chi connectivity index (χ0n) is 10.5. The molecule has 1 aliphatic heterocycles. The number of benzene rings is 2. The lowest BCUT2D eigenvalue weighted by atomic mass is 9.82. The van der Waals surface area contributed by atoms with E-state index < -0.39 is 17.5 Å². The van der Waals surface area contributed by atoms with Crippen molar-refractivity contribution in [2.24, 2.45) is 0 Å². The number of carbonyl (C=O) groups is 2. The molecule has 4 heteroatoms. The number of Topliss-reactive ketones (excluding diaryl/α,β-unsaturated/α-hetero) is 1. The molecule has 2 aromatic carbocycles. The Hall–Kier alpha value is -2.46. The van der Waals surface area contributed by atoms with Crippen LogP contribution in [-0.4, -0.2) is 22.8 Å². The van der Waals surface area contributed by atoms with Crippen molar-refractivity contribution in [2.45, 2.75) is 11.7 Å². The predicted octanol–water partition coefficient (Wildman–Crippen LogP) is 1.93. The van der Waals surface area contributed by atoms with E-state index in [1.54, 1.807) is 42.5 Å². The van der Waals surface area contributed by atoms with E-state index in [0.29, 0.717) is 11.3 Å². The molecular weight excluding hydrogens is 256 g/mol. The van der Waals surface area contributed by atoms with Crippen molar-refractivity contribution in [2.75, 3.05) is 0 Å². The molecule has 2 aromatic rings. The molecule has 0 bridgehead atoms. The van der Waals surface area contributed by atoms with Crippen LogP contribution in [0.2, 0.25) is 0 Å². The second-order valence-electron chi connectivity index (χ2n) is 4.68. The highest BCUT2D eigenvalue weighted by atomic mass is 16.5. The third kappa shape index (κ3) is 1.73. The SMILES string of the molecule is O=CC1(O)C(=O)c2ccccc2OC1c1ccccc1. The van der Waals surface area contributed by atoms with Crippen molar-refractivity contribution in [3.63, 3.8) is 0 Å². The van der Waals surface area contributed by atoms with Crippen LogP contribution < -0.4 is 4.74 Å². The molecule has 1 N–H and O–H groups in total. The molecule has 0 fully saturated rings. The summed E-state index contributed by atoms with van der Waals surface area (Å²) in [6.07, 6.45) is -0.785. The lowest BCUT2D eigenvalue weighted by molar-refractivity contribution is -0.129. The molecule has 0 spiro atoms. The zero-order valence-corrected chi connectivity index (χ0v) is 10.5. The summed E-state index contributed by atoms with van der Waals surface area (Å²) in [5.74, 6) is -0.263. The fourth-order valence-electron chi connectivity index (χ4n) is 2.37. The topological polar surface area (TPSA) is 63.6 Å². The Bertz CT molecular complexity index is 665. The van der Waals surface area contributed by atoms with Gasteiger partial charge in [0.25, 0.3) is 0 Å². The van der Waals surface area contributed by atoms with Crippen LogP contribution in [0.4, 0.5) is 0 Å². The Morgan fingerprint density at radius 2 is 1.70 bits per heavy atom. The Morgan fingerprint density at radius 1 is 1.05 bits per heavy atom. The van der Waals surface area contributed by atoms with Gasteiger partial charge in [-0.2, -0.15) is 0 Å². The molecule has 0 aliphatic carbocycles. The van der Waals surface area contributed by atoms with Gasteiger partial charge < -0.3 is 9.84 Å². The number of carbonyl (C=O) groups excluding carboxylic acids is 2. The van der Waals surface area contributed by atoms with Gasteiger partial charge in [0.1, 0.15) is 5.75 Å². The Balaban J connectivity index is 2.16. The van der Waals surface area contributed by atoms with Gasteiger partial charge in [-0.25, -0.2) is 0 Å². The van der Waals surface area contributed by atoms with E-state index in [4.69, 9.17) is 4.74 Å². The highest BCUT2D eigenvalue weighted by Crippen LogP contribution is 2.40. The molecule has 4 nitrogen and oxygen atoms in total. The number of ether oxygens (including phenoxy) is 1. The van der Waals surface area contributed by atoms with E-state index in [-0.39, 0.29) is 11.8 Å². The van der Waals surface area contributed by atoms with Gasteiger partial charge in [0.05, 0.1) is 5.56 Å². The summed E-state index contributed by atoms with van der Waals surface area (Å²) in [6.45, 7) is 0. The highest BCUT2D eigenvalue weighted by molar-refractivity contribution is 6.14. The predicted molar refractivity (Wildman–Crippen MR) is 71.6 cm³/mol. The van der Waals surface area contributed by atoms with E-state index >= 15 is 0 Å². The monoisotopic (exact) mass is 268 g/mol. The minimum Gasteiger partial charge on any atom is -0.481 e. The largest absolute Gasteiger partial charge is 0.481 e. The Morgan fingerprint density at radius 3 is 2.40 bits per heavy atom. The number of ketones is 1. The molecule has 1 aliphatic rings. The summed E-state index contributed by atoms with van der Waals surface area (Å²) in [5.41, 5.74) is -1.41. The standard InChI is InChI=1S/C16H12O4/c17-10-16(19)14(18)12-8-4-5-9-13(12)20-15(16)11-6-2-1-3-7-11/h1-10,15,19H. The normalized spacial score (nSPS) is 24.6. The first-order valence-electron chi connectivity index (χ1n) is 6.21. The van der Waals surface area contributed by atoms with Crippen molar-refractivity contribution in [3.05, 3.63) is 65.7 Å². The third-order valence-corrected chi connectivity index (χ3v) is 3.42.